The first kappa shape index (κ1) is 13.6. The van der Waals surface area contributed by atoms with Crippen LogP contribution in [0.3, 0.4) is 0 Å². The zero-order valence-corrected chi connectivity index (χ0v) is 12.1. The maximum Gasteiger partial charge on any atom is 0.226 e. The third kappa shape index (κ3) is 2.88. The van der Waals surface area contributed by atoms with Gasteiger partial charge in [0.2, 0.25) is 5.91 Å². The lowest BCUT2D eigenvalue weighted by atomic mass is 9.98. The second-order valence-electron chi connectivity index (χ2n) is 6.54. The van der Waals surface area contributed by atoms with Crippen molar-refractivity contribution in [3.05, 3.63) is 35.9 Å². The van der Waals surface area contributed by atoms with Crippen LogP contribution in [0.15, 0.2) is 30.3 Å². The maximum absolute atomic E-state index is 12.6. The fraction of sp³-hybridized carbons (Fsp3) is 0.588. The number of amides is 1. The first-order valence-electron chi connectivity index (χ1n) is 7.63. The molecule has 0 bridgehead atoms. The van der Waals surface area contributed by atoms with Crippen LogP contribution in [0.2, 0.25) is 0 Å². The van der Waals surface area contributed by atoms with Crippen LogP contribution in [0, 0.1) is 5.92 Å². The Balaban J connectivity index is 1.61. The fourth-order valence-corrected chi connectivity index (χ4v) is 3.25. The van der Waals surface area contributed by atoms with Crippen LogP contribution in [0.25, 0.3) is 0 Å². The second kappa shape index (κ2) is 5.21. The number of carbonyl (C=O) groups excluding carboxylic acids is 1. The number of carbonyl (C=O) groups is 1. The van der Waals surface area contributed by atoms with Crippen molar-refractivity contribution in [3.63, 3.8) is 0 Å². The van der Waals surface area contributed by atoms with E-state index in [2.05, 4.69) is 12.1 Å². The summed E-state index contributed by atoms with van der Waals surface area (Å²) in [5.74, 6) is 0.865. The number of hydrogen-bond donors (Lipinski definition) is 1. The van der Waals surface area contributed by atoms with E-state index in [1.165, 1.54) is 5.56 Å². The highest BCUT2D eigenvalue weighted by Gasteiger charge is 2.46. The van der Waals surface area contributed by atoms with Crippen LogP contribution >= 0.6 is 0 Å². The minimum atomic E-state index is -0.600. The van der Waals surface area contributed by atoms with Crippen molar-refractivity contribution < 1.29 is 9.90 Å². The Morgan fingerprint density at radius 3 is 2.75 bits per heavy atom. The normalized spacial score (nSPS) is 33.6. The zero-order valence-electron chi connectivity index (χ0n) is 12.1. The summed E-state index contributed by atoms with van der Waals surface area (Å²) in [5, 5.41) is 10.1. The molecule has 1 amide bonds. The summed E-state index contributed by atoms with van der Waals surface area (Å²) in [6, 6.07) is 10.3. The first-order valence-corrected chi connectivity index (χ1v) is 7.63. The molecule has 0 aromatic heterocycles. The van der Waals surface area contributed by atoms with Crippen molar-refractivity contribution in [3.8, 4) is 0 Å². The number of nitrogens with zero attached hydrogens (tertiary/aromatic N) is 1. The Kier molecular flexibility index (Phi) is 3.55. The van der Waals surface area contributed by atoms with E-state index in [9.17, 15) is 9.90 Å². The van der Waals surface area contributed by atoms with E-state index in [4.69, 9.17) is 0 Å². The van der Waals surface area contributed by atoms with Crippen molar-refractivity contribution in [2.75, 3.05) is 13.1 Å². The topological polar surface area (TPSA) is 40.5 Å². The Hall–Kier alpha value is -1.35. The molecule has 0 radical (unpaired) electrons. The molecule has 3 rings (SSSR count). The molecule has 3 atom stereocenters. The number of likely N-dealkylation sites (tertiary alicyclic amines) is 1. The lowest BCUT2D eigenvalue weighted by Crippen LogP contribution is -2.34. The van der Waals surface area contributed by atoms with Crippen molar-refractivity contribution in [1.82, 2.24) is 4.90 Å². The average Bonchev–Trinajstić information content (AvgIpc) is 3.23. The summed E-state index contributed by atoms with van der Waals surface area (Å²) < 4.78 is 0. The van der Waals surface area contributed by atoms with Gasteiger partial charge in [0, 0.05) is 19.0 Å². The van der Waals surface area contributed by atoms with Gasteiger partial charge in [-0.25, -0.2) is 0 Å². The largest absolute Gasteiger partial charge is 0.390 e. The highest BCUT2D eigenvalue weighted by atomic mass is 16.3. The van der Waals surface area contributed by atoms with Crippen molar-refractivity contribution in [2.24, 2.45) is 5.92 Å². The zero-order chi connectivity index (χ0) is 14.2. The van der Waals surface area contributed by atoms with E-state index >= 15 is 0 Å². The van der Waals surface area contributed by atoms with E-state index < -0.39 is 5.60 Å². The van der Waals surface area contributed by atoms with Gasteiger partial charge in [-0.05, 0) is 44.1 Å². The first-order chi connectivity index (χ1) is 9.57. The van der Waals surface area contributed by atoms with Gasteiger partial charge in [0.15, 0.2) is 0 Å². The molecular formula is C17H23NO2. The van der Waals surface area contributed by atoms with Gasteiger partial charge in [-0.15, -0.1) is 0 Å². The Morgan fingerprint density at radius 1 is 1.25 bits per heavy atom. The molecule has 1 aromatic rings. The fourth-order valence-electron chi connectivity index (χ4n) is 3.25. The molecule has 0 spiro atoms. The minimum Gasteiger partial charge on any atom is -0.390 e. The monoisotopic (exact) mass is 273 g/mol. The minimum absolute atomic E-state index is 0.167. The SMILES string of the molecule is CC1(O)CCCN(C(=O)C2CC2c2ccccc2)CC1. The number of rotatable bonds is 2. The molecule has 3 nitrogen and oxygen atoms in total. The van der Waals surface area contributed by atoms with Gasteiger partial charge in [0.1, 0.15) is 0 Å². The highest BCUT2D eigenvalue weighted by molar-refractivity contribution is 5.83. The third-order valence-corrected chi connectivity index (χ3v) is 4.71. The summed E-state index contributed by atoms with van der Waals surface area (Å²) in [4.78, 5) is 14.5. The molecule has 1 saturated heterocycles. The van der Waals surface area contributed by atoms with Crippen molar-refractivity contribution in [2.45, 2.75) is 44.1 Å². The van der Waals surface area contributed by atoms with Crippen LogP contribution in [-0.4, -0.2) is 34.6 Å². The molecule has 1 aliphatic carbocycles. The van der Waals surface area contributed by atoms with E-state index in [-0.39, 0.29) is 11.8 Å². The second-order valence-corrected chi connectivity index (χ2v) is 6.54. The lowest BCUT2D eigenvalue weighted by Gasteiger charge is -2.22. The predicted octanol–water partition coefficient (Wildman–Crippen LogP) is 2.55. The van der Waals surface area contributed by atoms with Gasteiger partial charge >= 0.3 is 0 Å². The Labute approximate surface area is 120 Å². The number of hydrogen-bond acceptors (Lipinski definition) is 2. The summed E-state index contributed by atoms with van der Waals surface area (Å²) >= 11 is 0. The van der Waals surface area contributed by atoms with E-state index in [0.29, 0.717) is 18.9 Å². The molecule has 1 saturated carbocycles. The molecule has 2 fully saturated rings. The standard InChI is InChI=1S/C17H23NO2/c1-17(20)8-5-10-18(11-9-17)16(19)15-12-14(15)13-6-3-2-4-7-13/h2-4,6-7,14-15,20H,5,8-12H2,1H3. The van der Waals surface area contributed by atoms with Gasteiger partial charge in [0.05, 0.1) is 5.60 Å². The van der Waals surface area contributed by atoms with Gasteiger partial charge in [-0.2, -0.15) is 0 Å². The summed E-state index contributed by atoms with van der Waals surface area (Å²) in [6.45, 7) is 3.38. The molecule has 1 aliphatic heterocycles. The van der Waals surface area contributed by atoms with Crippen LogP contribution < -0.4 is 0 Å². The van der Waals surface area contributed by atoms with Gasteiger partial charge in [-0.1, -0.05) is 30.3 Å². The highest BCUT2D eigenvalue weighted by Crippen LogP contribution is 2.48. The van der Waals surface area contributed by atoms with E-state index in [1.807, 2.05) is 30.0 Å². The van der Waals surface area contributed by atoms with Crippen LogP contribution in [0.4, 0.5) is 0 Å². The molecular weight excluding hydrogens is 250 g/mol. The molecule has 20 heavy (non-hydrogen) atoms. The quantitative estimate of drug-likeness (QED) is 0.899. The molecule has 108 valence electrons. The summed E-state index contributed by atoms with van der Waals surface area (Å²) in [6.07, 6.45) is 3.38. The maximum atomic E-state index is 12.6. The van der Waals surface area contributed by atoms with E-state index in [0.717, 1.165) is 25.8 Å². The molecule has 3 unspecified atom stereocenters. The molecule has 1 heterocycles. The molecule has 1 N–H and O–H groups in total. The van der Waals surface area contributed by atoms with Crippen LogP contribution in [-0.2, 0) is 4.79 Å². The lowest BCUT2D eigenvalue weighted by molar-refractivity contribution is -0.132. The smallest absolute Gasteiger partial charge is 0.226 e. The molecule has 3 heteroatoms. The molecule has 1 aromatic carbocycles. The van der Waals surface area contributed by atoms with Gasteiger partial charge in [0.25, 0.3) is 0 Å². The summed E-state index contributed by atoms with van der Waals surface area (Å²) in [5.41, 5.74) is 0.685. The van der Waals surface area contributed by atoms with E-state index in [1.54, 1.807) is 0 Å². The third-order valence-electron chi connectivity index (χ3n) is 4.71. The Bertz CT molecular complexity index is 483. The average molecular weight is 273 g/mol. The Morgan fingerprint density at radius 2 is 2.00 bits per heavy atom. The van der Waals surface area contributed by atoms with Crippen LogP contribution in [0.5, 0.6) is 0 Å². The van der Waals surface area contributed by atoms with Gasteiger partial charge in [-0.3, -0.25) is 4.79 Å². The molecule has 2 aliphatic rings. The van der Waals surface area contributed by atoms with Crippen molar-refractivity contribution in [1.29, 1.82) is 0 Å². The number of benzene rings is 1. The number of aliphatic hydroxyl groups is 1. The predicted molar refractivity (Wildman–Crippen MR) is 78.3 cm³/mol. The summed E-state index contributed by atoms with van der Waals surface area (Å²) in [7, 11) is 0. The van der Waals surface area contributed by atoms with Crippen LogP contribution in [0.1, 0.15) is 44.1 Å². The van der Waals surface area contributed by atoms with Crippen molar-refractivity contribution >= 4 is 5.91 Å². The van der Waals surface area contributed by atoms with Gasteiger partial charge < -0.3 is 10.0 Å².